The monoisotopic (exact) mass is 355 g/mol. The van der Waals surface area contributed by atoms with Gasteiger partial charge >= 0.3 is 6.03 Å². The molecule has 0 heterocycles. The number of benzene rings is 2. The summed E-state index contributed by atoms with van der Waals surface area (Å²) in [4.78, 5) is 16.6. The van der Waals surface area contributed by atoms with E-state index in [9.17, 15) is 4.79 Å². The normalized spacial score (nSPS) is 11.5. The molecule has 2 amide bonds. The van der Waals surface area contributed by atoms with E-state index in [1.54, 1.807) is 7.11 Å². The molecule has 2 rings (SSSR count). The summed E-state index contributed by atoms with van der Waals surface area (Å²) in [6, 6.07) is 17.9. The van der Waals surface area contributed by atoms with E-state index in [1.807, 2.05) is 68.3 Å². The molecule has 0 aliphatic carbocycles. The van der Waals surface area contributed by atoms with Gasteiger partial charge in [0.1, 0.15) is 5.75 Å². The second kappa shape index (κ2) is 9.70. The molecule has 0 bridgehead atoms. The van der Waals surface area contributed by atoms with E-state index in [-0.39, 0.29) is 12.1 Å². The number of ether oxygens (including phenoxy) is 1. The number of nitrogens with one attached hydrogen (secondary N) is 1. The Morgan fingerprint density at radius 1 is 1.15 bits per heavy atom. The van der Waals surface area contributed by atoms with Crippen molar-refractivity contribution in [1.29, 1.82) is 0 Å². The predicted molar refractivity (Wildman–Crippen MR) is 107 cm³/mol. The fourth-order valence-corrected chi connectivity index (χ4v) is 2.92. The third-order valence-corrected chi connectivity index (χ3v) is 4.57. The number of hydrogen-bond acceptors (Lipinski definition) is 3. The minimum atomic E-state index is -0.0516. The number of likely N-dealkylation sites (N-methyl/N-ethyl adjacent to an activating group) is 1. The first-order valence-electron chi connectivity index (χ1n) is 9.01. The molecule has 0 aliphatic rings. The van der Waals surface area contributed by atoms with Crippen molar-refractivity contribution in [1.82, 2.24) is 10.2 Å². The van der Waals surface area contributed by atoms with E-state index < -0.39 is 0 Å². The quantitative estimate of drug-likeness (QED) is 0.780. The van der Waals surface area contributed by atoms with E-state index in [2.05, 4.69) is 22.3 Å². The van der Waals surface area contributed by atoms with Crippen molar-refractivity contribution in [2.45, 2.75) is 19.9 Å². The van der Waals surface area contributed by atoms with Gasteiger partial charge in [-0.3, -0.25) is 0 Å². The smallest absolute Gasteiger partial charge is 0.317 e. The second-order valence-electron chi connectivity index (χ2n) is 6.23. The zero-order chi connectivity index (χ0) is 18.9. The summed E-state index contributed by atoms with van der Waals surface area (Å²) in [5.41, 5.74) is 2.20. The first kappa shape index (κ1) is 19.6. The molecule has 5 nitrogen and oxygen atoms in total. The molecule has 5 heteroatoms. The van der Waals surface area contributed by atoms with Crippen LogP contribution in [0.1, 0.15) is 25.5 Å². The van der Waals surface area contributed by atoms with E-state index in [4.69, 9.17) is 4.74 Å². The van der Waals surface area contributed by atoms with Crippen LogP contribution in [0.25, 0.3) is 0 Å². The van der Waals surface area contributed by atoms with Gasteiger partial charge in [0.2, 0.25) is 0 Å². The van der Waals surface area contributed by atoms with Crippen molar-refractivity contribution in [2.75, 3.05) is 38.7 Å². The van der Waals surface area contributed by atoms with Crippen LogP contribution in [-0.2, 0) is 0 Å². The van der Waals surface area contributed by atoms with Gasteiger partial charge in [-0.2, -0.15) is 0 Å². The number of nitrogens with zero attached hydrogens (tertiary/aromatic N) is 2. The number of carbonyl (C=O) groups is 1. The molecule has 0 aromatic heterocycles. The molecule has 0 fully saturated rings. The van der Waals surface area contributed by atoms with Crippen molar-refractivity contribution >= 4 is 11.7 Å². The highest BCUT2D eigenvalue weighted by Gasteiger charge is 2.20. The zero-order valence-corrected chi connectivity index (χ0v) is 16.1. The lowest BCUT2D eigenvalue weighted by Crippen LogP contribution is -2.43. The Kier molecular flexibility index (Phi) is 7.33. The highest BCUT2D eigenvalue weighted by atomic mass is 16.5. The van der Waals surface area contributed by atoms with Crippen LogP contribution >= 0.6 is 0 Å². The largest absolute Gasteiger partial charge is 0.497 e. The molecule has 140 valence electrons. The summed E-state index contributed by atoms with van der Waals surface area (Å²) >= 11 is 0. The number of hydrogen-bond donors (Lipinski definition) is 1. The first-order chi connectivity index (χ1) is 12.6. The average Bonchev–Trinajstić information content (AvgIpc) is 2.69. The van der Waals surface area contributed by atoms with Crippen LogP contribution in [-0.4, -0.2) is 44.7 Å². The first-order valence-corrected chi connectivity index (χ1v) is 9.01. The fraction of sp³-hybridized carbons (Fsp3) is 0.381. The van der Waals surface area contributed by atoms with Crippen LogP contribution in [0.4, 0.5) is 10.5 Å². The van der Waals surface area contributed by atoms with Crippen LogP contribution in [0.5, 0.6) is 5.75 Å². The minimum Gasteiger partial charge on any atom is -0.497 e. The maximum atomic E-state index is 12.6. The molecule has 2 aromatic rings. The summed E-state index contributed by atoms with van der Waals surface area (Å²) in [6.45, 7) is 6.01. The highest BCUT2D eigenvalue weighted by Crippen LogP contribution is 2.23. The van der Waals surface area contributed by atoms with Crippen LogP contribution in [0, 0.1) is 0 Å². The lowest BCUT2D eigenvalue weighted by atomic mass is 10.1. The topological polar surface area (TPSA) is 44.8 Å². The van der Waals surface area contributed by atoms with Crippen molar-refractivity contribution in [3.63, 3.8) is 0 Å². The number of methoxy groups -OCH3 is 1. The number of para-hydroxylation sites is 1. The lowest BCUT2D eigenvalue weighted by molar-refractivity contribution is 0.183. The van der Waals surface area contributed by atoms with Crippen LogP contribution in [0.15, 0.2) is 54.6 Å². The molecule has 0 saturated carbocycles. The number of anilines is 1. The van der Waals surface area contributed by atoms with E-state index in [1.165, 1.54) is 0 Å². The Bertz CT molecular complexity index is 691. The zero-order valence-electron chi connectivity index (χ0n) is 16.1. The Morgan fingerprint density at radius 2 is 1.88 bits per heavy atom. The van der Waals surface area contributed by atoms with Gasteiger partial charge in [-0.25, -0.2) is 4.79 Å². The standard InChI is InChI=1S/C21H29N3O2/c1-5-24(17(2)18-10-9-13-20(16-18)26-4)21(25)22-14-15-23(3)19-11-7-6-8-12-19/h6-13,16-17H,5,14-15H2,1-4H3,(H,22,25). The van der Waals surface area contributed by atoms with E-state index in [0.29, 0.717) is 13.1 Å². The van der Waals surface area contributed by atoms with Crippen molar-refractivity contribution in [3.8, 4) is 5.75 Å². The van der Waals surface area contributed by atoms with Gasteiger partial charge < -0.3 is 19.9 Å². The molecule has 0 saturated heterocycles. The van der Waals surface area contributed by atoms with Gasteiger partial charge in [-0.1, -0.05) is 30.3 Å². The van der Waals surface area contributed by atoms with Crippen molar-refractivity contribution < 1.29 is 9.53 Å². The SMILES string of the molecule is CCN(C(=O)NCCN(C)c1ccccc1)C(C)c1cccc(OC)c1. The Balaban J connectivity index is 1.91. The molecule has 1 unspecified atom stereocenters. The summed E-state index contributed by atoms with van der Waals surface area (Å²) in [7, 11) is 3.68. The molecule has 1 atom stereocenters. The summed E-state index contributed by atoms with van der Waals surface area (Å²) < 4.78 is 5.29. The minimum absolute atomic E-state index is 0.0260. The molecule has 0 radical (unpaired) electrons. The van der Waals surface area contributed by atoms with Gasteiger partial charge in [0.15, 0.2) is 0 Å². The molecular weight excluding hydrogens is 326 g/mol. The summed E-state index contributed by atoms with van der Waals surface area (Å²) in [5.74, 6) is 0.801. The van der Waals surface area contributed by atoms with E-state index >= 15 is 0 Å². The van der Waals surface area contributed by atoms with Gasteiger partial charge in [0.05, 0.1) is 13.2 Å². The van der Waals surface area contributed by atoms with Gasteiger partial charge in [0, 0.05) is 32.4 Å². The van der Waals surface area contributed by atoms with Crippen LogP contribution < -0.4 is 15.0 Å². The molecule has 26 heavy (non-hydrogen) atoms. The summed E-state index contributed by atoms with van der Waals surface area (Å²) in [6.07, 6.45) is 0. The maximum absolute atomic E-state index is 12.6. The van der Waals surface area contributed by atoms with Crippen molar-refractivity contribution in [3.05, 3.63) is 60.2 Å². The van der Waals surface area contributed by atoms with Crippen molar-refractivity contribution in [2.24, 2.45) is 0 Å². The van der Waals surface area contributed by atoms with E-state index in [0.717, 1.165) is 23.5 Å². The molecular formula is C21H29N3O2. The number of rotatable bonds is 8. The number of amides is 2. The van der Waals surface area contributed by atoms with Crippen LogP contribution in [0.2, 0.25) is 0 Å². The molecule has 1 N–H and O–H groups in total. The lowest BCUT2D eigenvalue weighted by Gasteiger charge is -2.29. The highest BCUT2D eigenvalue weighted by molar-refractivity contribution is 5.74. The number of carbonyl (C=O) groups excluding carboxylic acids is 1. The average molecular weight is 355 g/mol. The molecule has 0 spiro atoms. The fourth-order valence-electron chi connectivity index (χ4n) is 2.92. The van der Waals surface area contributed by atoms with Gasteiger partial charge in [-0.05, 0) is 43.7 Å². The summed E-state index contributed by atoms with van der Waals surface area (Å²) in [5, 5.41) is 3.03. The number of urea groups is 1. The second-order valence-corrected chi connectivity index (χ2v) is 6.23. The maximum Gasteiger partial charge on any atom is 0.317 e. The van der Waals surface area contributed by atoms with Crippen LogP contribution in [0.3, 0.4) is 0 Å². The molecule has 2 aromatic carbocycles. The van der Waals surface area contributed by atoms with Gasteiger partial charge in [0.25, 0.3) is 0 Å². The Hall–Kier alpha value is -2.69. The molecule has 0 aliphatic heterocycles. The third kappa shape index (κ3) is 5.15. The Morgan fingerprint density at radius 3 is 2.54 bits per heavy atom. The third-order valence-electron chi connectivity index (χ3n) is 4.57. The van der Waals surface area contributed by atoms with Gasteiger partial charge in [-0.15, -0.1) is 0 Å². The Labute approximate surface area is 156 Å². The predicted octanol–water partition coefficient (Wildman–Crippen LogP) is 3.92.